The predicted molar refractivity (Wildman–Crippen MR) is 68.0 cm³/mol. The van der Waals surface area contributed by atoms with Crippen LogP contribution in [0.25, 0.3) is 0 Å². The van der Waals surface area contributed by atoms with Gasteiger partial charge in [-0.2, -0.15) is 0 Å². The molecule has 0 fully saturated rings. The lowest BCUT2D eigenvalue weighted by atomic mass is 10.3. The molecular weight excluding hydrogens is 232 g/mol. The molecular formula is C11H14N6O. The maximum atomic E-state index is 5.27. The van der Waals surface area contributed by atoms with Gasteiger partial charge in [0, 0.05) is 24.9 Å². The average molecular weight is 246 g/mol. The molecule has 0 radical (unpaired) electrons. The third-order valence-electron chi connectivity index (χ3n) is 2.30. The van der Waals surface area contributed by atoms with Crippen molar-refractivity contribution in [2.45, 2.75) is 6.54 Å². The number of hydrogen-bond donors (Lipinski definition) is 3. The number of rotatable bonds is 5. The van der Waals surface area contributed by atoms with E-state index in [4.69, 9.17) is 10.6 Å². The van der Waals surface area contributed by atoms with E-state index in [2.05, 4.69) is 25.7 Å². The zero-order valence-electron chi connectivity index (χ0n) is 9.92. The van der Waals surface area contributed by atoms with Crippen LogP contribution in [0.3, 0.4) is 0 Å². The van der Waals surface area contributed by atoms with Crippen molar-refractivity contribution in [3.05, 3.63) is 36.3 Å². The van der Waals surface area contributed by atoms with Crippen LogP contribution in [-0.4, -0.2) is 22.1 Å². The summed E-state index contributed by atoms with van der Waals surface area (Å²) in [4.78, 5) is 12.1. The van der Waals surface area contributed by atoms with Gasteiger partial charge in [-0.05, 0) is 5.56 Å². The first-order chi connectivity index (χ1) is 8.81. The fourth-order valence-electron chi connectivity index (χ4n) is 1.36. The van der Waals surface area contributed by atoms with Gasteiger partial charge in [-0.15, -0.1) is 0 Å². The van der Waals surface area contributed by atoms with Crippen molar-refractivity contribution in [1.82, 2.24) is 15.0 Å². The van der Waals surface area contributed by atoms with Gasteiger partial charge in [0.2, 0.25) is 5.88 Å². The van der Waals surface area contributed by atoms with E-state index in [1.807, 2.05) is 12.1 Å². The Labute approximate surface area is 104 Å². The van der Waals surface area contributed by atoms with Crippen molar-refractivity contribution in [3.63, 3.8) is 0 Å². The number of ether oxygens (including phenoxy) is 1. The fourth-order valence-corrected chi connectivity index (χ4v) is 1.36. The number of methoxy groups -OCH3 is 1. The van der Waals surface area contributed by atoms with E-state index in [1.165, 1.54) is 6.33 Å². The van der Waals surface area contributed by atoms with E-state index < -0.39 is 0 Å². The smallest absolute Gasteiger partial charge is 0.212 e. The van der Waals surface area contributed by atoms with Crippen LogP contribution in [0.5, 0.6) is 5.88 Å². The zero-order chi connectivity index (χ0) is 12.8. The molecule has 0 aliphatic carbocycles. The molecule has 0 aliphatic heterocycles. The summed E-state index contributed by atoms with van der Waals surface area (Å²) in [6.45, 7) is 0.609. The molecule has 0 bridgehead atoms. The highest BCUT2D eigenvalue weighted by molar-refractivity contribution is 5.45. The van der Waals surface area contributed by atoms with Gasteiger partial charge in [-0.3, -0.25) is 0 Å². The third-order valence-corrected chi connectivity index (χ3v) is 2.30. The molecule has 2 heterocycles. The van der Waals surface area contributed by atoms with Crippen LogP contribution in [0.2, 0.25) is 0 Å². The van der Waals surface area contributed by atoms with E-state index in [0.29, 0.717) is 24.1 Å². The lowest BCUT2D eigenvalue weighted by Gasteiger charge is -2.07. The minimum absolute atomic E-state index is 0.556. The Hall–Kier alpha value is -2.41. The Kier molecular flexibility index (Phi) is 3.87. The van der Waals surface area contributed by atoms with Crippen molar-refractivity contribution in [3.8, 4) is 5.88 Å². The minimum atomic E-state index is 0.556. The molecule has 0 spiro atoms. The van der Waals surface area contributed by atoms with Crippen LogP contribution in [-0.2, 0) is 6.54 Å². The van der Waals surface area contributed by atoms with Gasteiger partial charge in [-0.25, -0.2) is 20.8 Å². The molecule has 94 valence electrons. The number of nitrogens with zero attached hydrogens (tertiary/aromatic N) is 3. The molecule has 18 heavy (non-hydrogen) atoms. The minimum Gasteiger partial charge on any atom is -0.481 e. The Morgan fingerprint density at radius 3 is 2.72 bits per heavy atom. The highest BCUT2D eigenvalue weighted by atomic mass is 16.5. The molecule has 0 saturated heterocycles. The Morgan fingerprint density at radius 1 is 1.22 bits per heavy atom. The van der Waals surface area contributed by atoms with Gasteiger partial charge in [0.15, 0.2) is 0 Å². The molecule has 4 N–H and O–H groups in total. The lowest BCUT2D eigenvalue weighted by Crippen LogP contribution is -2.10. The van der Waals surface area contributed by atoms with Gasteiger partial charge in [0.05, 0.1) is 7.11 Å². The molecule has 7 heteroatoms. The highest BCUT2D eigenvalue weighted by Crippen LogP contribution is 2.10. The van der Waals surface area contributed by atoms with Crippen molar-refractivity contribution < 1.29 is 4.74 Å². The topological polar surface area (TPSA) is 98.0 Å². The lowest BCUT2D eigenvalue weighted by molar-refractivity contribution is 0.397. The Balaban J connectivity index is 1.97. The summed E-state index contributed by atoms with van der Waals surface area (Å²) in [7, 11) is 1.59. The summed E-state index contributed by atoms with van der Waals surface area (Å²) >= 11 is 0. The first-order valence-corrected chi connectivity index (χ1v) is 5.33. The van der Waals surface area contributed by atoms with Gasteiger partial charge in [0.1, 0.15) is 18.0 Å². The molecule has 0 aliphatic rings. The standard InChI is InChI=1S/C11H14N6O/c1-18-11-3-2-8(6-14-11)5-13-9-4-10(17-12)16-7-15-9/h2-4,6-7H,5,12H2,1H3,(H2,13,15,16,17). The summed E-state index contributed by atoms with van der Waals surface area (Å²) in [6.07, 6.45) is 3.18. The largest absolute Gasteiger partial charge is 0.481 e. The highest BCUT2D eigenvalue weighted by Gasteiger charge is 1.99. The average Bonchev–Trinajstić information content (AvgIpc) is 2.46. The number of hydrazine groups is 1. The van der Waals surface area contributed by atoms with Crippen LogP contribution in [0.15, 0.2) is 30.7 Å². The van der Waals surface area contributed by atoms with Crippen LogP contribution in [0, 0.1) is 0 Å². The molecule has 2 rings (SSSR count). The molecule has 0 atom stereocenters. The first kappa shape index (κ1) is 12.1. The number of aromatic nitrogens is 3. The normalized spacial score (nSPS) is 9.89. The number of anilines is 2. The van der Waals surface area contributed by atoms with E-state index in [1.54, 1.807) is 19.4 Å². The van der Waals surface area contributed by atoms with Gasteiger partial charge in [-0.1, -0.05) is 6.07 Å². The van der Waals surface area contributed by atoms with Crippen LogP contribution < -0.4 is 21.3 Å². The number of pyridine rings is 1. The summed E-state index contributed by atoms with van der Waals surface area (Å²) in [5.41, 5.74) is 3.49. The fraction of sp³-hybridized carbons (Fsp3) is 0.182. The summed E-state index contributed by atoms with van der Waals surface area (Å²) in [6, 6.07) is 5.46. The predicted octanol–water partition coefficient (Wildman–Crippen LogP) is 0.778. The van der Waals surface area contributed by atoms with Crippen molar-refractivity contribution >= 4 is 11.6 Å². The molecule has 2 aromatic rings. The van der Waals surface area contributed by atoms with Gasteiger partial charge >= 0.3 is 0 Å². The third kappa shape index (κ3) is 3.05. The van der Waals surface area contributed by atoms with Crippen LogP contribution >= 0.6 is 0 Å². The van der Waals surface area contributed by atoms with Gasteiger partial charge in [0.25, 0.3) is 0 Å². The monoisotopic (exact) mass is 246 g/mol. The zero-order valence-corrected chi connectivity index (χ0v) is 9.92. The summed E-state index contributed by atoms with van der Waals surface area (Å²) in [5, 5.41) is 3.15. The number of nitrogens with one attached hydrogen (secondary N) is 2. The van der Waals surface area contributed by atoms with E-state index in [-0.39, 0.29) is 0 Å². The van der Waals surface area contributed by atoms with E-state index in [9.17, 15) is 0 Å². The SMILES string of the molecule is COc1ccc(CNc2cc(NN)ncn2)cn1. The van der Waals surface area contributed by atoms with E-state index >= 15 is 0 Å². The second-order valence-electron chi connectivity index (χ2n) is 3.50. The Morgan fingerprint density at radius 2 is 2.06 bits per heavy atom. The van der Waals surface area contributed by atoms with Crippen molar-refractivity contribution in [2.24, 2.45) is 5.84 Å². The van der Waals surface area contributed by atoms with E-state index in [0.717, 1.165) is 5.56 Å². The number of nitrogens with two attached hydrogens (primary N) is 1. The summed E-state index contributed by atoms with van der Waals surface area (Å²) < 4.78 is 4.99. The first-order valence-electron chi connectivity index (χ1n) is 5.33. The maximum Gasteiger partial charge on any atom is 0.212 e. The molecule has 0 unspecified atom stereocenters. The summed E-state index contributed by atoms with van der Waals surface area (Å²) in [5.74, 6) is 7.10. The molecule has 7 nitrogen and oxygen atoms in total. The quantitative estimate of drug-likeness (QED) is 0.529. The number of hydrogen-bond acceptors (Lipinski definition) is 7. The second-order valence-corrected chi connectivity index (χ2v) is 3.50. The molecule has 2 aromatic heterocycles. The number of nitrogen functional groups attached to an aromatic ring is 1. The Bertz CT molecular complexity index is 501. The van der Waals surface area contributed by atoms with Crippen LogP contribution in [0.1, 0.15) is 5.56 Å². The van der Waals surface area contributed by atoms with Gasteiger partial charge < -0.3 is 15.5 Å². The molecule has 0 aromatic carbocycles. The van der Waals surface area contributed by atoms with Crippen molar-refractivity contribution in [2.75, 3.05) is 17.9 Å². The molecule has 0 saturated carbocycles. The van der Waals surface area contributed by atoms with Crippen LogP contribution in [0.4, 0.5) is 11.6 Å². The van der Waals surface area contributed by atoms with Crippen molar-refractivity contribution in [1.29, 1.82) is 0 Å². The molecule has 0 amide bonds. The maximum absolute atomic E-state index is 5.27. The second kappa shape index (κ2) is 5.78.